The van der Waals surface area contributed by atoms with Crippen LogP contribution in [0.25, 0.3) is 6.08 Å². The average molecular weight is 438 g/mol. The lowest BCUT2D eigenvalue weighted by atomic mass is 9.80. The van der Waals surface area contributed by atoms with Gasteiger partial charge in [0.1, 0.15) is 17.4 Å². The second-order valence-electron chi connectivity index (χ2n) is 7.36. The van der Waals surface area contributed by atoms with E-state index in [4.69, 9.17) is 33.7 Å². The first kappa shape index (κ1) is 20.6. The molecule has 2 aromatic carbocycles. The van der Waals surface area contributed by atoms with Crippen LogP contribution < -0.4 is 5.73 Å². The highest BCUT2D eigenvalue weighted by molar-refractivity contribution is 6.30. The van der Waals surface area contributed by atoms with Gasteiger partial charge in [0.15, 0.2) is 0 Å². The zero-order valence-electron chi connectivity index (χ0n) is 16.5. The fourth-order valence-corrected chi connectivity index (χ4v) is 4.21. The molecule has 1 atom stereocenters. The molecule has 152 valence electrons. The van der Waals surface area contributed by atoms with E-state index in [0.717, 1.165) is 41.1 Å². The Morgan fingerprint density at radius 1 is 1.10 bits per heavy atom. The quantitative estimate of drug-likeness (QED) is 0.690. The first-order valence-corrected chi connectivity index (χ1v) is 10.5. The van der Waals surface area contributed by atoms with Crippen molar-refractivity contribution in [1.29, 1.82) is 5.26 Å². The van der Waals surface area contributed by atoms with Gasteiger partial charge >= 0.3 is 0 Å². The number of hydrogen-bond donors (Lipinski definition) is 1. The van der Waals surface area contributed by atoms with Crippen LogP contribution in [0.4, 0.5) is 0 Å². The second-order valence-corrected chi connectivity index (χ2v) is 8.23. The Labute approximate surface area is 186 Å². The summed E-state index contributed by atoms with van der Waals surface area (Å²) in [5, 5.41) is 11.2. The fourth-order valence-electron chi connectivity index (χ4n) is 3.96. The summed E-state index contributed by atoms with van der Waals surface area (Å²) in [6, 6.07) is 17.5. The van der Waals surface area contributed by atoms with E-state index in [2.05, 4.69) is 24.0 Å². The van der Waals surface area contributed by atoms with E-state index in [1.165, 1.54) is 0 Å². The van der Waals surface area contributed by atoms with E-state index < -0.39 is 0 Å². The Balaban J connectivity index is 1.86. The van der Waals surface area contributed by atoms with E-state index in [0.29, 0.717) is 22.2 Å². The molecule has 0 spiro atoms. The molecule has 4 rings (SSSR count). The zero-order chi connectivity index (χ0) is 21.3. The van der Waals surface area contributed by atoms with Crippen LogP contribution in [0, 0.1) is 11.3 Å². The summed E-state index contributed by atoms with van der Waals surface area (Å²) in [6.07, 6.45) is 2.09. The van der Waals surface area contributed by atoms with E-state index in [-0.39, 0.29) is 11.8 Å². The summed E-state index contributed by atoms with van der Waals surface area (Å²) < 4.78 is 6.04. The molecule has 0 amide bonds. The predicted octanol–water partition coefficient (Wildman–Crippen LogP) is 5.47. The number of allylic oxidation sites excluding steroid dienone is 1. The van der Waals surface area contributed by atoms with Crippen LogP contribution in [0.3, 0.4) is 0 Å². The lowest BCUT2D eigenvalue weighted by Crippen LogP contribution is -2.38. The average Bonchev–Trinajstić information content (AvgIpc) is 2.75. The maximum atomic E-state index is 9.83. The van der Waals surface area contributed by atoms with Crippen molar-refractivity contribution in [3.05, 3.63) is 98.1 Å². The van der Waals surface area contributed by atoms with Gasteiger partial charge in [0.2, 0.25) is 5.88 Å². The van der Waals surface area contributed by atoms with Crippen LogP contribution in [0.1, 0.15) is 24.0 Å². The summed E-state index contributed by atoms with van der Waals surface area (Å²) in [5.74, 6) is 0.647. The van der Waals surface area contributed by atoms with Gasteiger partial charge in [0, 0.05) is 28.7 Å². The van der Waals surface area contributed by atoms with Gasteiger partial charge in [0.05, 0.1) is 5.92 Å². The van der Waals surface area contributed by atoms with Crippen molar-refractivity contribution in [1.82, 2.24) is 4.90 Å². The Kier molecular flexibility index (Phi) is 5.87. The molecular weight excluding hydrogens is 417 g/mol. The molecule has 2 aliphatic heterocycles. The molecule has 0 aromatic heterocycles. The van der Waals surface area contributed by atoms with Crippen molar-refractivity contribution >= 4 is 29.3 Å². The second kappa shape index (κ2) is 8.57. The molecule has 0 saturated carbocycles. The molecule has 0 bridgehead atoms. The predicted molar refractivity (Wildman–Crippen MR) is 121 cm³/mol. The van der Waals surface area contributed by atoms with Gasteiger partial charge in [-0.05, 0) is 53.6 Å². The molecular formula is C24H21Cl2N3O. The SMILES string of the molecule is CCN1CC2=C(OC(N)=C(C#N)[C@H]2c2ccc(Cl)cc2)/C(=C/c2ccc(Cl)cc2)C1. The van der Waals surface area contributed by atoms with Crippen molar-refractivity contribution < 1.29 is 4.74 Å². The van der Waals surface area contributed by atoms with Crippen molar-refractivity contribution in [3.8, 4) is 6.07 Å². The molecule has 6 heteroatoms. The Bertz CT molecular complexity index is 1090. The minimum Gasteiger partial charge on any atom is -0.440 e. The van der Waals surface area contributed by atoms with Crippen LogP contribution >= 0.6 is 23.2 Å². The van der Waals surface area contributed by atoms with E-state index >= 15 is 0 Å². The summed E-state index contributed by atoms with van der Waals surface area (Å²) in [6.45, 7) is 4.45. The number of halogens is 2. The lowest BCUT2D eigenvalue weighted by molar-refractivity contribution is 0.239. The first-order chi connectivity index (χ1) is 14.5. The van der Waals surface area contributed by atoms with Gasteiger partial charge in [0.25, 0.3) is 0 Å². The fraction of sp³-hybridized carbons (Fsp3) is 0.208. The van der Waals surface area contributed by atoms with Crippen LogP contribution in [0.15, 0.2) is 76.9 Å². The van der Waals surface area contributed by atoms with Crippen LogP contribution in [0.5, 0.6) is 0 Å². The van der Waals surface area contributed by atoms with Crippen molar-refractivity contribution in [3.63, 3.8) is 0 Å². The molecule has 0 fully saturated rings. The number of nitrogens with zero attached hydrogens (tertiary/aromatic N) is 2. The largest absolute Gasteiger partial charge is 0.440 e. The third kappa shape index (κ3) is 3.97. The monoisotopic (exact) mass is 437 g/mol. The van der Waals surface area contributed by atoms with Gasteiger partial charge < -0.3 is 10.5 Å². The third-order valence-corrected chi connectivity index (χ3v) is 5.97. The van der Waals surface area contributed by atoms with Crippen molar-refractivity contribution in [2.24, 2.45) is 5.73 Å². The smallest absolute Gasteiger partial charge is 0.205 e. The van der Waals surface area contributed by atoms with Crippen molar-refractivity contribution in [2.75, 3.05) is 19.6 Å². The molecule has 0 unspecified atom stereocenters. The molecule has 2 aliphatic rings. The van der Waals surface area contributed by atoms with Gasteiger partial charge in [-0.1, -0.05) is 54.4 Å². The molecule has 2 aromatic rings. The standard InChI is InChI=1S/C24H21Cl2N3O/c1-2-29-13-17(11-15-3-7-18(25)8-4-15)23-21(14-29)22(20(12-27)24(28)30-23)16-5-9-19(26)10-6-16/h3-11,22H,2,13-14,28H2,1H3/b17-11+/t22-/m1/s1. The van der Waals surface area contributed by atoms with E-state index in [1.807, 2.05) is 48.5 Å². The Morgan fingerprint density at radius 3 is 2.33 bits per heavy atom. The number of nitrogens with two attached hydrogens (primary N) is 1. The van der Waals surface area contributed by atoms with Gasteiger partial charge in [-0.15, -0.1) is 0 Å². The number of likely N-dealkylation sites (N-methyl/N-ethyl adjacent to an activating group) is 1. The highest BCUT2D eigenvalue weighted by Gasteiger charge is 2.37. The summed E-state index contributed by atoms with van der Waals surface area (Å²) in [4.78, 5) is 2.32. The van der Waals surface area contributed by atoms with Crippen LogP contribution in [-0.4, -0.2) is 24.5 Å². The minimum atomic E-state index is -0.265. The summed E-state index contributed by atoms with van der Waals surface area (Å²) in [7, 11) is 0. The third-order valence-electron chi connectivity index (χ3n) is 5.47. The Morgan fingerprint density at radius 2 is 1.73 bits per heavy atom. The molecule has 0 aliphatic carbocycles. The van der Waals surface area contributed by atoms with E-state index in [9.17, 15) is 5.26 Å². The molecule has 0 radical (unpaired) electrons. The highest BCUT2D eigenvalue weighted by Crippen LogP contribution is 2.43. The zero-order valence-corrected chi connectivity index (χ0v) is 18.0. The molecule has 2 heterocycles. The normalized spacial score (nSPS) is 20.7. The number of hydrogen-bond acceptors (Lipinski definition) is 4. The maximum Gasteiger partial charge on any atom is 0.205 e. The molecule has 30 heavy (non-hydrogen) atoms. The van der Waals surface area contributed by atoms with Gasteiger partial charge in [-0.25, -0.2) is 0 Å². The van der Waals surface area contributed by atoms with Gasteiger partial charge in [-0.3, -0.25) is 4.90 Å². The Hall–Kier alpha value is -2.71. The number of rotatable bonds is 3. The van der Waals surface area contributed by atoms with Crippen molar-refractivity contribution in [2.45, 2.75) is 12.8 Å². The van der Waals surface area contributed by atoms with Gasteiger partial charge in [-0.2, -0.15) is 5.26 Å². The molecule has 4 nitrogen and oxygen atoms in total. The van der Waals surface area contributed by atoms with E-state index in [1.54, 1.807) is 0 Å². The van der Waals surface area contributed by atoms with Crippen LogP contribution in [0.2, 0.25) is 10.0 Å². The highest BCUT2D eigenvalue weighted by atomic mass is 35.5. The molecule has 0 saturated heterocycles. The maximum absolute atomic E-state index is 9.83. The first-order valence-electron chi connectivity index (χ1n) is 9.75. The summed E-state index contributed by atoms with van der Waals surface area (Å²) >= 11 is 12.1. The minimum absolute atomic E-state index is 0.156. The molecule has 2 N–H and O–H groups in total. The topological polar surface area (TPSA) is 62.3 Å². The van der Waals surface area contributed by atoms with Crippen LogP contribution in [-0.2, 0) is 4.74 Å². The number of benzene rings is 2. The summed E-state index contributed by atoms with van der Waals surface area (Å²) in [5.41, 5.74) is 10.7. The number of ether oxygens (including phenoxy) is 1. The lowest BCUT2D eigenvalue weighted by Gasteiger charge is -2.38. The number of nitriles is 1.